The van der Waals surface area contributed by atoms with Crippen molar-refractivity contribution >= 4 is 22.1 Å². The molecule has 0 aliphatic carbocycles. The van der Waals surface area contributed by atoms with Crippen LogP contribution in [-0.4, -0.2) is 18.1 Å². The first-order valence-electron chi connectivity index (χ1n) is 2.31. The van der Waals surface area contributed by atoms with Gasteiger partial charge in [-0.15, -0.1) is 0 Å². The van der Waals surface area contributed by atoms with Gasteiger partial charge in [0.05, 0.1) is 6.26 Å². The fourth-order valence-corrected chi connectivity index (χ4v) is 0.386. The van der Waals surface area contributed by atoms with Gasteiger partial charge in [0, 0.05) is 5.33 Å². The van der Waals surface area contributed by atoms with E-state index < -0.39 is 6.16 Å². The molecule has 0 atom stereocenters. The van der Waals surface area contributed by atoms with Crippen LogP contribution in [0.1, 0.15) is 0 Å². The van der Waals surface area contributed by atoms with Crippen molar-refractivity contribution in [1.29, 1.82) is 0 Å². The van der Waals surface area contributed by atoms with Gasteiger partial charge in [-0.3, -0.25) is 0 Å². The monoisotopic (exact) mass is 194 g/mol. The Hall–Kier alpha value is -0.510. The molecule has 0 spiro atoms. The molecule has 0 heterocycles. The largest absolute Gasteiger partial charge is 0.513 e. The van der Waals surface area contributed by atoms with Gasteiger partial charge in [-0.1, -0.05) is 22.5 Å². The Bertz CT molecular complexity index is 102. The number of halogens is 1. The molecule has 4 heteroatoms. The van der Waals surface area contributed by atoms with Gasteiger partial charge in [0.1, 0.15) is 6.61 Å². The number of ether oxygens (including phenoxy) is 2. The van der Waals surface area contributed by atoms with E-state index >= 15 is 0 Å². The standard InChI is InChI=1S/C5H7BrO3/c1-2-8-5(7)9-4-3-6/h2H,1,3-4H2. The van der Waals surface area contributed by atoms with E-state index in [1.807, 2.05) is 0 Å². The second-order valence-corrected chi connectivity index (χ2v) is 1.86. The number of carbonyl (C=O) groups excluding carboxylic acids is 1. The molecule has 0 saturated heterocycles. The zero-order chi connectivity index (χ0) is 7.11. The Kier molecular flexibility index (Phi) is 5.30. The third-order valence-corrected chi connectivity index (χ3v) is 0.800. The molecule has 9 heavy (non-hydrogen) atoms. The first-order chi connectivity index (χ1) is 4.31. The SMILES string of the molecule is C=COC(=O)OCCBr. The molecule has 0 N–H and O–H groups in total. The van der Waals surface area contributed by atoms with Crippen molar-refractivity contribution in [3.63, 3.8) is 0 Å². The van der Waals surface area contributed by atoms with E-state index in [9.17, 15) is 4.79 Å². The Morgan fingerprint density at radius 3 is 2.89 bits per heavy atom. The lowest BCUT2D eigenvalue weighted by Crippen LogP contribution is -2.04. The van der Waals surface area contributed by atoms with Crippen molar-refractivity contribution < 1.29 is 14.3 Å². The van der Waals surface area contributed by atoms with E-state index in [2.05, 4.69) is 32.0 Å². The molecule has 3 nitrogen and oxygen atoms in total. The molecule has 0 aromatic rings. The topological polar surface area (TPSA) is 35.5 Å². The Balaban J connectivity index is 3.16. The van der Waals surface area contributed by atoms with Crippen molar-refractivity contribution in [2.75, 3.05) is 11.9 Å². The summed E-state index contributed by atoms with van der Waals surface area (Å²) in [4.78, 5) is 10.3. The van der Waals surface area contributed by atoms with Gasteiger partial charge in [0.2, 0.25) is 0 Å². The minimum atomic E-state index is -0.718. The third kappa shape index (κ3) is 5.36. The van der Waals surface area contributed by atoms with Gasteiger partial charge in [0.15, 0.2) is 0 Å². The summed E-state index contributed by atoms with van der Waals surface area (Å²) in [5.74, 6) is 0. The van der Waals surface area contributed by atoms with Crippen LogP contribution in [0, 0.1) is 0 Å². The molecule has 0 amide bonds. The maximum atomic E-state index is 10.3. The fraction of sp³-hybridized carbons (Fsp3) is 0.400. The van der Waals surface area contributed by atoms with Crippen LogP contribution in [-0.2, 0) is 9.47 Å². The Morgan fingerprint density at radius 1 is 1.78 bits per heavy atom. The second kappa shape index (κ2) is 5.62. The summed E-state index contributed by atoms with van der Waals surface area (Å²) in [5.41, 5.74) is 0. The minimum Gasteiger partial charge on any atom is -0.433 e. The molecular weight excluding hydrogens is 188 g/mol. The summed E-state index contributed by atoms with van der Waals surface area (Å²) in [6.07, 6.45) is 0.306. The summed E-state index contributed by atoms with van der Waals surface area (Å²) < 4.78 is 8.68. The van der Waals surface area contributed by atoms with Gasteiger partial charge in [-0.2, -0.15) is 0 Å². The lowest BCUT2D eigenvalue weighted by atomic mass is 10.9. The number of rotatable bonds is 3. The van der Waals surface area contributed by atoms with E-state index in [-0.39, 0.29) is 0 Å². The average molecular weight is 195 g/mol. The van der Waals surface area contributed by atoms with E-state index in [1.54, 1.807) is 0 Å². The number of hydrogen-bond donors (Lipinski definition) is 0. The van der Waals surface area contributed by atoms with Crippen molar-refractivity contribution in [3.05, 3.63) is 12.8 Å². The third-order valence-electron chi connectivity index (χ3n) is 0.477. The maximum absolute atomic E-state index is 10.3. The smallest absolute Gasteiger partial charge is 0.433 e. The predicted octanol–water partition coefficient (Wildman–Crippen LogP) is 1.68. The minimum absolute atomic E-state index is 0.312. The molecule has 0 aromatic carbocycles. The number of alkyl halides is 1. The van der Waals surface area contributed by atoms with Crippen LogP contribution in [0.15, 0.2) is 12.8 Å². The average Bonchev–Trinajstić information content (AvgIpc) is 1.85. The van der Waals surface area contributed by atoms with E-state index in [0.29, 0.717) is 11.9 Å². The highest BCUT2D eigenvalue weighted by atomic mass is 79.9. The molecule has 0 saturated carbocycles. The molecular formula is C5H7BrO3. The van der Waals surface area contributed by atoms with Crippen LogP contribution in [0.25, 0.3) is 0 Å². The van der Waals surface area contributed by atoms with Gasteiger partial charge in [-0.05, 0) is 0 Å². The Labute approximate surface area is 61.8 Å². The van der Waals surface area contributed by atoms with Crippen molar-refractivity contribution in [1.82, 2.24) is 0 Å². The van der Waals surface area contributed by atoms with Crippen molar-refractivity contribution in [2.24, 2.45) is 0 Å². The summed E-state index contributed by atoms with van der Waals surface area (Å²) in [5, 5.41) is 0.610. The summed E-state index contributed by atoms with van der Waals surface area (Å²) in [7, 11) is 0. The lowest BCUT2D eigenvalue weighted by molar-refractivity contribution is 0.0907. The van der Waals surface area contributed by atoms with Gasteiger partial charge in [-0.25, -0.2) is 4.79 Å². The maximum Gasteiger partial charge on any atom is 0.513 e. The first kappa shape index (κ1) is 8.49. The summed E-state index contributed by atoms with van der Waals surface area (Å²) in [6, 6.07) is 0. The van der Waals surface area contributed by atoms with E-state index in [0.717, 1.165) is 6.26 Å². The predicted molar refractivity (Wildman–Crippen MR) is 36.4 cm³/mol. The Morgan fingerprint density at radius 2 is 2.44 bits per heavy atom. The van der Waals surface area contributed by atoms with Crippen molar-refractivity contribution in [2.45, 2.75) is 0 Å². The zero-order valence-corrected chi connectivity index (χ0v) is 6.39. The summed E-state index contributed by atoms with van der Waals surface area (Å²) >= 11 is 3.07. The second-order valence-electron chi connectivity index (χ2n) is 1.07. The quantitative estimate of drug-likeness (QED) is 0.390. The van der Waals surface area contributed by atoms with Crippen LogP contribution in [0.2, 0.25) is 0 Å². The number of carbonyl (C=O) groups is 1. The van der Waals surface area contributed by atoms with Gasteiger partial charge < -0.3 is 9.47 Å². The molecule has 0 fully saturated rings. The molecule has 0 aliphatic heterocycles. The van der Waals surface area contributed by atoms with Gasteiger partial charge >= 0.3 is 6.16 Å². The molecule has 0 rings (SSSR count). The first-order valence-corrected chi connectivity index (χ1v) is 3.43. The molecule has 0 bridgehead atoms. The van der Waals surface area contributed by atoms with Crippen molar-refractivity contribution in [3.8, 4) is 0 Å². The zero-order valence-electron chi connectivity index (χ0n) is 4.80. The van der Waals surface area contributed by atoms with Gasteiger partial charge in [0.25, 0.3) is 0 Å². The van der Waals surface area contributed by atoms with Crippen LogP contribution in [0.5, 0.6) is 0 Å². The number of hydrogen-bond acceptors (Lipinski definition) is 3. The summed E-state index contributed by atoms with van der Waals surface area (Å²) in [6.45, 7) is 3.49. The van der Waals surface area contributed by atoms with Crippen LogP contribution in [0.3, 0.4) is 0 Å². The van der Waals surface area contributed by atoms with Crippen LogP contribution < -0.4 is 0 Å². The molecule has 0 aromatic heterocycles. The molecule has 52 valence electrons. The molecule has 0 unspecified atom stereocenters. The van der Waals surface area contributed by atoms with E-state index in [4.69, 9.17) is 0 Å². The molecule has 0 radical (unpaired) electrons. The highest BCUT2D eigenvalue weighted by Crippen LogP contribution is 1.87. The fourth-order valence-electron chi connectivity index (χ4n) is 0.224. The molecule has 0 aliphatic rings. The van der Waals surface area contributed by atoms with Crippen LogP contribution >= 0.6 is 15.9 Å². The normalized spacial score (nSPS) is 8.11. The van der Waals surface area contributed by atoms with Crippen LogP contribution in [0.4, 0.5) is 4.79 Å². The lowest BCUT2D eigenvalue weighted by Gasteiger charge is -1.97. The van der Waals surface area contributed by atoms with E-state index in [1.165, 1.54) is 0 Å². The highest BCUT2D eigenvalue weighted by molar-refractivity contribution is 9.09. The highest BCUT2D eigenvalue weighted by Gasteiger charge is 1.97.